The SMILES string of the molecule is Cc1occc1SC1Cc2ccccc2C1N. The largest absolute Gasteiger partial charge is 0.468 e. The minimum absolute atomic E-state index is 0.130. The fourth-order valence-corrected chi connectivity index (χ4v) is 3.59. The summed E-state index contributed by atoms with van der Waals surface area (Å²) in [6, 6.07) is 10.6. The second-order valence-corrected chi connectivity index (χ2v) is 5.71. The molecule has 0 bridgehead atoms. The van der Waals surface area contributed by atoms with E-state index >= 15 is 0 Å². The van der Waals surface area contributed by atoms with Crippen LogP contribution in [0.1, 0.15) is 22.9 Å². The highest BCUT2D eigenvalue weighted by atomic mass is 32.2. The molecule has 1 aromatic heterocycles. The Morgan fingerprint density at radius 2 is 2.12 bits per heavy atom. The lowest BCUT2D eigenvalue weighted by Gasteiger charge is -2.14. The maximum Gasteiger partial charge on any atom is 0.114 e. The van der Waals surface area contributed by atoms with Crippen LogP contribution in [0.2, 0.25) is 0 Å². The van der Waals surface area contributed by atoms with Crippen molar-refractivity contribution in [2.45, 2.75) is 29.5 Å². The molecular weight excluding hydrogens is 230 g/mol. The van der Waals surface area contributed by atoms with Crippen LogP contribution >= 0.6 is 11.8 Å². The quantitative estimate of drug-likeness (QED) is 0.882. The Balaban J connectivity index is 1.83. The van der Waals surface area contributed by atoms with Gasteiger partial charge in [-0.3, -0.25) is 0 Å². The fraction of sp³-hybridized carbons (Fsp3) is 0.286. The minimum atomic E-state index is 0.130. The van der Waals surface area contributed by atoms with E-state index in [1.807, 2.05) is 24.8 Å². The molecule has 0 saturated carbocycles. The molecule has 17 heavy (non-hydrogen) atoms. The van der Waals surface area contributed by atoms with Crippen LogP contribution in [0.4, 0.5) is 0 Å². The number of hydrogen-bond donors (Lipinski definition) is 1. The van der Waals surface area contributed by atoms with Crippen LogP contribution < -0.4 is 5.73 Å². The van der Waals surface area contributed by atoms with Crippen LogP contribution in [-0.2, 0) is 6.42 Å². The molecule has 0 amide bonds. The second-order valence-electron chi connectivity index (χ2n) is 4.43. The number of benzene rings is 1. The molecule has 0 saturated heterocycles. The third kappa shape index (κ3) is 1.90. The molecule has 0 aliphatic heterocycles. The molecule has 2 nitrogen and oxygen atoms in total. The van der Waals surface area contributed by atoms with Gasteiger partial charge in [0.25, 0.3) is 0 Å². The van der Waals surface area contributed by atoms with Crippen molar-refractivity contribution in [1.82, 2.24) is 0 Å². The summed E-state index contributed by atoms with van der Waals surface area (Å²) in [6.07, 6.45) is 2.79. The zero-order valence-electron chi connectivity index (χ0n) is 9.72. The van der Waals surface area contributed by atoms with Crippen molar-refractivity contribution in [3.8, 4) is 0 Å². The normalized spacial score (nSPS) is 22.7. The molecule has 2 unspecified atom stereocenters. The number of furan rings is 1. The Morgan fingerprint density at radius 1 is 1.29 bits per heavy atom. The van der Waals surface area contributed by atoms with E-state index in [0.29, 0.717) is 5.25 Å². The van der Waals surface area contributed by atoms with Crippen molar-refractivity contribution in [2.24, 2.45) is 5.73 Å². The van der Waals surface area contributed by atoms with E-state index in [4.69, 9.17) is 10.2 Å². The Bertz CT molecular complexity index is 535. The Kier molecular flexibility index (Phi) is 2.73. The third-order valence-corrected chi connectivity index (χ3v) is 4.77. The fourth-order valence-electron chi connectivity index (χ4n) is 2.36. The molecule has 2 atom stereocenters. The summed E-state index contributed by atoms with van der Waals surface area (Å²) < 4.78 is 5.33. The lowest BCUT2D eigenvalue weighted by Crippen LogP contribution is -2.18. The van der Waals surface area contributed by atoms with E-state index < -0.39 is 0 Å². The molecule has 1 aromatic carbocycles. The van der Waals surface area contributed by atoms with Crippen LogP contribution in [0.25, 0.3) is 0 Å². The van der Waals surface area contributed by atoms with Crippen molar-refractivity contribution in [1.29, 1.82) is 0 Å². The van der Waals surface area contributed by atoms with E-state index in [9.17, 15) is 0 Å². The molecule has 3 heteroatoms. The molecule has 0 radical (unpaired) electrons. The molecule has 0 fully saturated rings. The molecule has 2 N–H and O–H groups in total. The van der Waals surface area contributed by atoms with Gasteiger partial charge in [-0.25, -0.2) is 0 Å². The first-order valence-electron chi connectivity index (χ1n) is 5.80. The first-order valence-corrected chi connectivity index (χ1v) is 6.68. The van der Waals surface area contributed by atoms with E-state index in [2.05, 4.69) is 24.3 Å². The summed E-state index contributed by atoms with van der Waals surface area (Å²) in [4.78, 5) is 1.21. The molecule has 0 spiro atoms. The smallest absolute Gasteiger partial charge is 0.114 e. The van der Waals surface area contributed by atoms with Crippen LogP contribution in [0.3, 0.4) is 0 Å². The molecule has 1 aliphatic carbocycles. The monoisotopic (exact) mass is 245 g/mol. The lowest BCUT2D eigenvalue weighted by molar-refractivity contribution is 0.526. The molecule has 88 valence electrons. The molecular formula is C14H15NOS. The predicted octanol–water partition coefficient (Wildman–Crippen LogP) is 3.30. The van der Waals surface area contributed by atoms with Gasteiger partial charge in [-0.05, 0) is 30.5 Å². The van der Waals surface area contributed by atoms with E-state index in [1.54, 1.807) is 6.26 Å². The van der Waals surface area contributed by atoms with Gasteiger partial charge in [0, 0.05) is 16.2 Å². The average Bonchev–Trinajstić information content (AvgIpc) is 2.87. The summed E-state index contributed by atoms with van der Waals surface area (Å²) in [6.45, 7) is 2.00. The first kappa shape index (κ1) is 10.9. The van der Waals surface area contributed by atoms with Crippen molar-refractivity contribution >= 4 is 11.8 Å². The topological polar surface area (TPSA) is 39.2 Å². The van der Waals surface area contributed by atoms with E-state index in [0.717, 1.165) is 12.2 Å². The zero-order chi connectivity index (χ0) is 11.8. The highest BCUT2D eigenvalue weighted by Crippen LogP contribution is 2.41. The van der Waals surface area contributed by atoms with Crippen molar-refractivity contribution in [3.05, 3.63) is 53.5 Å². The van der Waals surface area contributed by atoms with Crippen LogP contribution in [0.5, 0.6) is 0 Å². The van der Waals surface area contributed by atoms with Gasteiger partial charge in [0.15, 0.2) is 0 Å². The van der Waals surface area contributed by atoms with Crippen molar-refractivity contribution in [2.75, 3.05) is 0 Å². The van der Waals surface area contributed by atoms with Gasteiger partial charge < -0.3 is 10.2 Å². The van der Waals surface area contributed by atoms with E-state index in [1.165, 1.54) is 16.0 Å². The number of rotatable bonds is 2. The van der Waals surface area contributed by atoms with Crippen LogP contribution in [-0.4, -0.2) is 5.25 Å². The Labute approximate surface area is 105 Å². The van der Waals surface area contributed by atoms with Crippen LogP contribution in [0, 0.1) is 6.92 Å². The minimum Gasteiger partial charge on any atom is -0.468 e. The van der Waals surface area contributed by atoms with Gasteiger partial charge in [-0.2, -0.15) is 0 Å². The predicted molar refractivity (Wildman–Crippen MR) is 70.2 cm³/mol. The molecule has 2 aromatic rings. The Morgan fingerprint density at radius 3 is 2.82 bits per heavy atom. The Hall–Kier alpha value is -1.19. The second kappa shape index (κ2) is 4.24. The average molecular weight is 245 g/mol. The summed E-state index contributed by atoms with van der Waals surface area (Å²) in [7, 11) is 0. The van der Waals surface area contributed by atoms with Crippen molar-refractivity contribution in [3.63, 3.8) is 0 Å². The van der Waals surface area contributed by atoms with Gasteiger partial charge in [0.1, 0.15) is 5.76 Å². The maximum absolute atomic E-state index is 6.31. The van der Waals surface area contributed by atoms with Gasteiger partial charge >= 0.3 is 0 Å². The molecule has 1 heterocycles. The first-order chi connectivity index (χ1) is 8.25. The highest BCUT2D eigenvalue weighted by molar-refractivity contribution is 8.00. The van der Waals surface area contributed by atoms with Crippen molar-refractivity contribution < 1.29 is 4.42 Å². The maximum atomic E-state index is 6.31. The number of thioether (sulfide) groups is 1. The van der Waals surface area contributed by atoms with Gasteiger partial charge in [-0.15, -0.1) is 11.8 Å². The van der Waals surface area contributed by atoms with Gasteiger partial charge in [0.2, 0.25) is 0 Å². The van der Waals surface area contributed by atoms with Crippen LogP contribution in [0.15, 0.2) is 45.9 Å². The summed E-state index contributed by atoms with van der Waals surface area (Å²) >= 11 is 1.83. The van der Waals surface area contributed by atoms with E-state index in [-0.39, 0.29) is 6.04 Å². The number of fused-ring (bicyclic) bond motifs is 1. The lowest BCUT2D eigenvalue weighted by atomic mass is 10.1. The third-order valence-electron chi connectivity index (χ3n) is 3.33. The standard InChI is InChI=1S/C14H15NOS/c1-9-12(6-7-16-9)17-13-8-10-4-2-3-5-11(10)14(13)15/h2-7,13-14H,8,15H2,1H3. The summed E-state index contributed by atoms with van der Waals surface area (Å²) in [5.74, 6) is 0.984. The number of nitrogens with two attached hydrogens (primary N) is 1. The summed E-state index contributed by atoms with van der Waals surface area (Å²) in [5.41, 5.74) is 8.99. The molecule has 3 rings (SSSR count). The number of hydrogen-bond acceptors (Lipinski definition) is 3. The van der Waals surface area contributed by atoms with Gasteiger partial charge in [-0.1, -0.05) is 24.3 Å². The zero-order valence-corrected chi connectivity index (χ0v) is 10.5. The highest BCUT2D eigenvalue weighted by Gasteiger charge is 2.30. The summed E-state index contributed by atoms with van der Waals surface area (Å²) in [5, 5.41) is 0.420. The molecule has 1 aliphatic rings. The number of aryl methyl sites for hydroxylation is 1. The van der Waals surface area contributed by atoms with Gasteiger partial charge in [0.05, 0.1) is 6.26 Å².